The lowest BCUT2D eigenvalue weighted by Crippen LogP contribution is -2.20. The third kappa shape index (κ3) is 1.24. The topological polar surface area (TPSA) is 38.3 Å². The Labute approximate surface area is 86.7 Å². The lowest BCUT2D eigenvalue weighted by molar-refractivity contribution is 0.151. The molecule has 2 aromatic rings. The summed E-state index contributed by atoms with van der Waals surface area (Å²) in [5.74, 6) is 0. The van der Waals surface area contributed by atoms with Crippen LogP contribution in [0.2, 0.25) is 0 Å². The molecule has 0 bridgehead atoms. The van der Waals surface area contributed by atoms with E-state index in [0.717, 1.165) is 22.0 Å². The maximum absolute atomic E-state index is 11.1. The molecule has 0 aromatic heterocycles. The molecule has 1 N–H and O–H groups in total. The molecule has 0 unspecified atom stereocenters. The van der Waals surface area contributed by atoms with Crippen LogP contribution in [-0.2, 0) is 11.3 Å². The molecule has 0 atom stereocenters. The van der Waals surface area contributed by atoms with E-state index in [1.54, 1.807) is 0 Å². The van der Waals surface area contributed by atoms with Crippen molar-refractivity contribution in [3.8, 4) is 0 Å². The van der Waals surface area contributed by atoms with Gasteiger partial charge in [-0.3, -0.25) is 5.32 Å². The van der Waals surface area contributed by atoms with Gasteiger partial charge in [0.1, 0.15) is 6.61 Å². The molecular formula is C12H9NO2. The Kier molecular flexibility index (Phi) is 1.65. The van der Waals surface area contributed by atoms with Gasteiger partial charge in [0.25, 0.3) is 0 Å². The molecule has 0 fully saturated rings. The van der Waals surface area contributed by atoms with Crippen molar-refractivity contribution in [1.29, 1.82) is 0 Å². The second kappa shape index (κ2) is 2.98. The minimum atomic E-state index is -0.376. The molecule has 0 saturated heterocycles. The molecule has 0 aliphatic carbocycles. The Morgan fingerprint density at radius 2 is 2.00 bits per heavy atom. The van der Waals surface area contributed by atoms with E-state index in [0.29, 0.717) is 6.61 Å². The minimum absolute atomic E-state index is 0.353. The van der Waals surface area contributed by atoms with Gasteiger partial charge < -0.3 is 4.74 Å². The standard InChI is InChI=1S/C12H9NO2/c14-12-13-11-9(7-15-12)6-5-8-3-1-2-4-10(8)11/h1-6H,7H2,(H,13,14). The van der Waals surface area contributed by atoms with Gasteiger partial charge in [-0.15, -0.1) is 0 Å². The predicted molar refractivity (Wildman–Crippen MR) is 57.8 cm³/mol. The molecule has 1 heterocycles. The summed E-state index contributed by atoms with van der Waals surface area (Å²) in [6.07, 6.45) is -0.376. The van der Waals surface area contributed by atoms with E-state index in [2.05, 4.69) is 5.32 Å². The van der Waals surface area contributed by atoms with Crippen LogP contribution in [0.15, 0.2) is 36.4 Å². The Morgan fingerprint density at radius 3 is 2.93 bits per heavy atom. The molecule has 3 nitrogen and oxygen atoms in total. The number of hydrogen-bond donors (Lipinski definition) is 1. The average Bonchev–Trinajstić information content (AvgIpc) is 2.29. The largest absolute Gasteiger partial charge is 0.444 e. The second-order valence-corrected chi connectivity index (χ2v) is 3.52. The molecule has 0 spiro atoms. The second-order valence-electron chi connectivity index (χ2n) is 3.52. The minimum Gasteiger partial charge on any atom is -0.444 e. The summed E-state index contributed by atoms with van der Waals surface area (Å²) in [5, 5.41) is 4.93. The van der Waals surface area contributed by atoms with Crippen molar-refractivity contribution >= 4 is 22.6 Å². The van der Waals surface area contributed by atoms with E-state index < -0.39 is 0 Å². The first kappa shape index (κ1) is 8.29. The first-order valence-electron chi connectivity index (χ1n) is 4.79. The molecule has 0 radical (unpaired) electrons. The first-order valence-corrected chi connectivity index (χ1v) is 4.79. The molecule has 1 aliphatic rings. The van der Waals surface area contributed by atoms with Crippen molar-refractivity contribution in [3.05, 3.63) is 42.0 Å². The number of cyclic esters (lactones) is 1. The number of amides is 1. The fourth-order valence-corrected chi connectivity index (χ4v) is 1.87. The number of rotatable bonds is 0. The van der Waals surface area contributed by atoms with E-state index in [9.17, 15) is 4.79 Å². The molecule has 3 heteroatoms. The van der Waals surface area contributed by atoms with Gasteiger partial charge in [-0.25, -0.2) is 4.79 Å². The van der Waals surface area contributed by atoms with Gasteiger partial charge in [-0.2, -0.15) is 0 Å². The van der Waals surface area contributed by atoms with E-state index in [-0.39, 0.29) is 6.09 Å². The van der Waals surface area contributed by atoms with Gasteiger partial charge >= 0.3 is 6.09 Å². The zero-order valence-electron chi connectivity index (χ0n) is 7.99. The third-order valence-electron chi connectivity index (χ3n) is 2.60. The number of hydrogen-bond acceptors (Lipinski definition) is 2. The molecule has 74 valence electrons. The molecule has 15 heavy (non-hydrogen) atoms. The number of carbonyl (C=O) groups is 1. The number of ether oxygens (including phenoxy) is 1. The van der Waals surface area contributed by atoms with Crippen molar-refractivity contribution in [2.24, 2.45) is 0 Å². The summed E-state index contributed by atoms with van der Waals surface area (Å²) >= 11 is 0. The van der Waals surface area contributed by atoms with E-state index >= 15 is 0 Å². The van der Waals surface area contributed by atoms with Crippen LogP contribution >= 0.6 is 0 Å². The van der Waals surface area contributed by atoms with Crippen molar-refractivity contribution in [1.82, 2.24) is 0 Å². The highest BCUT2D eigenvalue weighted by atomic mass is 16.5. The van der Waals surface area contributed by atoms with Gasteiger partial charge in [0.15, 0.2) is 0 Å². The van der Waals surface area contributed by atoms with Crippen LogP contribution < -0.4 is 5.32 Å². The van der Waals surface area contributed by atoms with Gasteiger partial charge in [-0.05, 0) is 5.39 Å². The summed E-state index contributed by atoms with van der Waals surface area (Å²) in [7, 11) is 0. The predicted octanol–water partition coefficient (Wildman–Crippen LogP) is 2.90. The highest BCUT2D eigenvalue weighted by molar-refractivity contribution is 6.02. The average molecular weight is 199 g/mol. The van der Waals surface area contributed by atoms with E-state index in [1.807, 2.05) is 36.4 Å². The molecule has 1 aliphatic heterocycles. The lowest BCUT2D eigenvalue weighted by atomic mass is 10.0. The summed E-state index contributed by atoms with van der Waals surface area (Å²) in [4.78, 5) is 11.1. The van der Waals surface area contributed by atoms with Crippen LogP contribution in [0.1, 0.15) is 5.56 Å². The number of nitrogens with one attached hydrogen (secondary N) is 1. The van der Waals surface area contributed by atoms with Crippen molar-refractivity contribution in [2.45, 2.75) is 6.61 Å². The molecular weight excluding hydrogens is 190 g/mol. The summed E-state index contributed by atoms with van der Waals surface area (Å²) < 4.78 is 4.90. The fraction of sp³-hybridized carbons (Fsp3) is 0.0833. The summed E-state index contributed by atoms with van der Waals surface area (Å²) in [5.41, 5.74) is 1.90. The van der Waals surface area contributed by atoms with Crippen LogP contribution in [0.25, 0.3) is 10.8 Å². The molecule has 0 saturated carbocycles. The van der Waals surface area contributed by atoms with Crippen LogP contribution in [0.4, 0.5) is 10.5 Å². The highest BCUT2D eigenvalue weighted by Gasteiger charge is 2.17. The SMILES string of the molecule is O=C1Nc2c(ccc3ccccc23)CO1. The van der Waals surface area contributed by atoms with Gasteiger partial charge in [0.05, 0.1) is 5.69 Å². The normalized spacial score (nSPS) is 14.3. The Hall–Kier alpha value is -2.03. The Bertz CT molecular complexity index is 548. The lowest BCUT2D eigenvalue weighted by Gasteiger charge is -2.19. The van der Waals surface area contributed by atoms with Crippen LogP contribution in [0.3, 0.4) is 0 Å². The molecule has 2 aromatic carbocycles. The zero-order chi connectivity index (χ0) is 10.3. The summed E-state index contributed by atoms with van der Waals surface area (Å²) in [6.45, 7) is 0.353. The quantitative estimate of drug-likeness (QED) is 0.708. The highest BCUT2D eigenvalue weighted by Crippen LogP contribution is 2.30. The number of anilines is 1. The Balaban J connectivity index is 2.32. The van der Waals surface area contributed by atoms with E-state index in [1.165, 1.54) is 0 Å². The first-order chi connectivity index (χ1) is 7.34. The zero-order valence-corrected chi connectivity index (χ0v) is 7.99. The fourth-order valence-electron chi connectivity index (χ4n) is 1.87. The monoisotopic (exact) mass is 199 g/mol. The smallest absolute Gasteiger partial charge is 0.411 e. The van der Waals surface area contributed by atoms with Crippen LogP contribution in [0, 0.1) is 0 Å². The van der Waals surface area contributed by atoms with Crippen molar-refractivity contribution in [3.63, 3.8) is 0 Å². The number of benzene rings is 2. The number of carbonyl (C=O) groups excluding carboxylic acids is 1. The van der Waals surface area contributed by atoms with Crippen LogP contribution in [-0.4, -0.2) is 6.09 Å². The van der Waals surface area contributed by atoms with Crippen molar-refractivity contribution in [2.75, 3.05) is 5.32 Å². The Morgan fingerprint density at radius 1 is 1.13 bits per heavy atom. The molecule has 3 rings (SSSR count). The number of fused-ring (bicyclic) bond motifs is 3. The van der Waals surface area contributed by atoms with Crippen LogP contribution in [0.5, 0.6) is 0 Å². The summed E-state index contributed by atoms with van der Waals surface area (Å²) in [6, 6.07) is 12.0. The van der Waals surface area contributed by atoms with Crippen molar-refractivity contribution < 1.29 is 9.53 Å². The van der Waals surface area contributed by atoms with Gasteiger partial charge in [-0.1, -0.05) is 36.4 Å². The maximum atomic E-state index is 11.1. The van der Waals surface area contributed by atoms with E-state index in [4.69, 9.17) is 4.74 Å². The molecule has 1 amide bonds. The third-order valence-corrected chi connectivity index (χ3v) is 2.60. The maximum Gasteiger partial charge on any atom is 0.411 e. The van der Waals surface area contributed by atoms with Gasteiger partial charge in [0.2, 0.25) is 0 Å². The van der Waals surface area contributed by atoms with Gasteiger partial charge in [0, 0.05) is 10.9 Å².